The minimum Gasteiger partial charge on any atom is -0.481 e. The van der Waals surface area contributed by atoms with E-state index in [0.717, 1.165) is 4.90 Å². The van der Waals surface area contributed by atoms with E-state index < -0.39 is 140 Å². The van der Waals surface area contributed by atoms with Gasteiger partial charge in [-0.25, -0.2) is 4.79 Å². The van der Waals surface area contributed by atoms with Crippen LogP contribution < -0.4 is 43.8 Å². The maximum atomic E-state index is 13.8. The molecule has 0 aromatic heterocycles. The SMILES string of the molecule is CC(C)[C@H](NC(=O)[C@H](CC(=O)O)NC(=O)[C@@H](N)CCC(=O)O)C(=O)N1CCC[C@H]1C(=O)N[C@@H](CO)C(=O)N[C@@H](CCC(=O)O)C(=O)N[C@@H](CCCN=C(N)N)C(=O)O. The molecule has 1 aliphatic heterocycles. The van der Waals surface area contributed by atoms with Crippen LogP contribution in [0.1, 0.15) is 71.6 Å². The summed E-state index contributed by atoms with van der Waals surface area (Å²) in [6, 6.07) is -10.6. The number of nitrogens with two attached hydrogens (primary N) is 3. The number of rotatable bonds is 26. The summed E-state index contributed by atoms with van der Waals surface area (Å²) in [5, 5.41) is 58.3. The van der Waals surface area contributed by atoms with Crippen LogP contribution in [0.3, 0.4) is 0 Å². The number of carbonyl (C=O) groups is 10. The molecular weight excluding hydrogens is 776 g/mol. The molecule has 0 aromatic rings. The Balaban J connectivity index is 3.13. The third-order valence-corrected chi connectivity index (χ3v) is 8.74. The first kappa shape index (κ1) is 49.9. The molecule has 16 N–H and O–H groups in total. The van der Waals surface area contributed by atoms with Crippen LogP contribution in [-0.4, -0.2) is 158 Å². The molecule has 0 radical (unpaired) electrons. The van der Waals surface area contributed by atoms with Crippen molar-refractivity contribution in [2.75, 3.05) is 19.7 Å². The van der Waals surface area contributed by atoms with E-state index in [1.807, 2.05) is 0 Å². The highest BCUT2D eigenvalue weighted by Crippen LogP contribution is 2.21. The summed E-state index contributed by atoms with van der Waals surface area (Å²) < 4.78 is 0. The Morgan fingerprint density at radius 2 is 1.26 bits per heavy atom. The summed E-state index contributed by atoms with van der Waals surface area (Å²) >= 11 is 0. The van der Waals surface area contributed by atoms with E-state index in [4.69, 9.17) is 22.3 Å². The summed E-state index contributed by atoms with van der Waals surface area (Å²) in [6.07, 6.45) is -2.56. The van der Waals surface area contributed by atoms with Crippen LogP contribution in [0.25, 0.3) is 0 Å². The number of aliphatic hydroxyl groups is 1. The van der Waals surface area contributed by atoms with E-state index in [-0.39, 0.29) is 51.2 Å². The van der Waals surface area contributed by atoms with Gasteiger partial charge in [0.15, 0.2) is 5.96 Å². The molecule has 25 nitrogen and oxygen atoms in total. The second-order valence-electron chi connectivity index (χ2n) is 13.7. The third kappa shape index (κ3) is 17.4. The Labute approximate surface area is 331 Å². The van der Waals surface area contributed by atoms with Gasteiger partial charge in [0, 0.05) is 25.9 Å². The number of aliphatic hydroxyl groups excluding tert-OH is 1. The fraction of sp³-hybridized carbons (Fsp3) is 0.667. The van der Waals surface area contributed by atoms with Gasteiger partial charge in [-0.1, -0.05) is 13.8 Å². The van der Waals surface area contributed by atoms with Gasteiger partial charge >= 0.3 is 23.9 Å². The number of hydrogen-bond acceptors (Lipinski definition) is 13. The molecule has 0 unspecified atom stereocenters. The van der Waals surface area contributed by atoms with Crippen molar-refractivity contribution < 1.29 is 73.5 Å². The lowest BCUT2D eigenvalue weighted by Crippen LogP contribution is -2.61. The Morgan fingerprint density at radius 3 is 1.79 bits per heavy atom. The number of likely N-dealkylation sites (tertiary alicyclic amines) is 1. The minimum atomic E-state index is -1.75. The molecular formula is C33H54N10O15. The Bertz CT molecular complexity index is 1550. The first-order chi connectivity index (χ1) is 27.1. The lowest BCUT2D eigenvalue weighted by atomic mass is 10.0. The van der Waals surface area contributed by atoms with Crippen LogP contribution in [-0.2, 0) is 47.9 Å². The maximum absolute atomic E-state index is 13.8. The molecule has 0 aromatic carbocycles. The number of aliphatic imine (C=N–C) groups is 1. The molecule has 0 spiro atoms. The molecule has 25 heteroatoms. The van der Waals surface area contributed by atoms with E-state index in [0.29, 0.717) is 0 Å². The topological polar surface area (TPSA) is 426 Å². The summed E-state index contributed by atoms with van der Waals surface area (Å²) in [5.41, 5.74) is 16.2. The zero-order valence-corrected chi connectivity index (χ0v) is 32.0. The largest absolute Gasteiger partial charge is 0.481 e. The molecule has 0 aliphatic carbocycles. The predicted octanol–water partition coefficient (Wildman–Crippen LogP) is -5.28. The smallest absolute Gasteiger partial charge is 0.326 e. The molecule has 58 heavy (non-hydrogen) atoms. The minimum absolute atomic E-state index is 0.00610. The van der Waals surface area contributed by atoms with Gasteiger partial charge < -0.3 is 74.2 Å². The standard InChI is InChI=1S/C33H54N10O15/c1-15(2)25(42-28(53)19(13-24(49)50)40-26(51)16(34)7-9-22(45)46)31(56)43-12-4-6-21(43)30(55)41-20(14-44)29(54)38-17(8-10-23(47)48)27(52)39-18(32(57)58)5-3-11-37-33(35)36/h15-21,25,44H,3-14,34H2,1-2H3,(H,38,54)(H,39,52)(H,40,51)(H,41,55)(H,42,53)(H,45,46)(H,47,48)(H,49,50)(H,57,58)(H4,35,36,37)/t16-,17-,18-,19-,20-,21-,25-/m0/s1. The summed E-state index contributed by atoms with van der Waals surface area (Å²) in [6.45, 7) is 2.07. The van der Waals surface area contributed by atoms with Gasteiger partial charge in [-0.3, -0.25) is 48.1 Å². The number of hydrogen-bond donors (Lipinski definition) is 13. The number of carbonyl (C=O) groups excluding carboxylic acids is 6. The highest BCUT2D eigenvalue weighted by atomic mass is 16.4. The highest BCUT2D eigenvalue weighted by molar-refractivity contribution is 5.98. The summed E-state index contributed by atoms with van der Waals surface area (Å²) in [5.74, 6) is -12.5. The van der Waals surface area contributed by atoms with Crippen LogP contribution >= 0.6 is 0 Å². The first-order valence-electron chi connectivity index (χ1n) is 18.2. The van der Waals surface area contributed by atoms with Crippen LogP contribution in [0, 0.1) is 5.92 Å². The Hall–Kier alpha value is -6.11. The van der Waals surface area contributed by atoms with Crippen LogP contribution in [0.5, 0.6) is 0 Å². The van der Waals surface area contributed by atoms with Gasteiger partial charge in [0.05, 0.1) is 19.1 Å². The highest BCUT2D eigenvalue weighted by Gasteiger charge is 2.41. The fourth-order valence-electron chi connectivity index (χ4n) is 5.63. The normalized spacial score (nSPS) is 16.6. The monoisotopic (exact) mass is 830 g/mol. The van der Waals surface area contributed by atoms with Gasteiger partial charge in [-0.2, -0.15) is 0 Å². The molecule has 0 saturated carbocycles. The first-order valence-corrected chi connectivity index (χ1v) is 18.2. The summed E-state index contributed by atoms with van der Waals surface area (Å²) in [7, 11) is 0. The Kier molecular flexibility index (Phi) is 21.1. The van der Waals surface area contributed by atoms with Crippen LogP contribution in [0.15, 0.2) is 4.99 Å². The van der Waals surface area contributed by atoms with Crippen molar-refractivity contribution in [3.63, 3.8) is 0 Å². The van der Waals surface area contributed by atoms with E-state index in [2.05, 4.69) is 31.6 Å². The van der Waals surface area contributed by atoms with E-state index in [1.165, 1.54) is 13.8 Å². The quantitative estimate of drug-likeness (QED) is 0.0220. The van der Waals surface area contributed by atoms with Crippen LogP contribution in [0.2, 0.25) is 0 Å². The number of nitrogens with one attached hydrogen (secondary N) is 5. The van der Waals surface area contributed by atoms with Crippen molar-refractivity contribution >= 4 is 65.3 Å². The lowest BCUT2D eigenvalue weighted by Gasteiger charge is -2.32. The van der Waals surface area contributed by atoms with Crippen molar-refractivity contribution in [1.82, 2.24) is 31.5 Å². The fourth-order valence-corrected chi connectivity index (χ4v) is 5.63. The number of amides is 6. The van der Waals surface area contributed by atoms with E-state index in [1.54, 1.807) is 0 Å². The van der Waals surface area contributed by atoms with Gasteiger partial charge in [0.2, 0.25) is 35.4 Å². The van der Waals surface area contributed by atoms with Crippen LogP contribution in [0.4, 0.5) is 0 Å². The van der Waals surface area contributed by atoms with Gasteiger partial charge in [0.25, 0.3) is 0 Å². The van der Waals surface area contributed by atoms with E-state index in [9.17, 15) is 68.4 Å². The average Bonchev–Trinajstić information content (AvgIpc) is 3.63. The second-order valence-corrected chi connectivity index (χ2v) is 13.7. The zero-order chi connectivity index (χ0) is 44.3. The molecule has 1 rings (SSSR count). The molecule has 1 fully saturated rings. The van der Waals surface area contributed by atoms with Crippen molar-refractivity contribution in [3.8, 4) is 0 Å². The van der Waals surface area contributed by atoms with Crippen molar-refractivity contribution in [2.24, 2.45) is 28.1 Å². The third-order valence-electron chi connectivity index (χ3n) is 8.74. The molecule has 1 heterocycles. The van der Waals surface area contributed by atoms with Gasteiger partial charge in [-0.15, -0.1) is 0 Å². The molecule has 0 bridgehead atoms. The van der Waals surface area contributed by atoms with Crippen molar-refractivity contribution in [1.29, 1.82) is 0 Å². The Morgan fingerprint density at radius 1 is 0.707 bits per heavy atom. The second kappa shape index (κ2) is 24.5. The molecule has 1 aliphatic rings. The number of nitrogens with zero attached hydrogens (tertiary/aromatic N) is 2. The molecule has 6 amide bonds. The molecule has 326 valence electrons. The number of carboxylic acids is 4. The molecule has 7 atom stereocenters. The van der Waals surface area contributed by atoms with Gasteiger partial charge in [0.1, 0.15) is 36.3 Å². The number of aliphatic carboxylic acids is 4. The number of carboxylic acid groups (broad SMARTS) is 4. The van der Waals surface area contributed by atoms with E-state index >= 15 is 0 Å². The zero-order valence-electron chi connectivity index (χ0n) is 32.0. The predicted molar refractivity (Wildman–Crippen MR) is 198 cm³/mol. The van der Waals surface area contributed by atoms with Gasteiger partial charge in [-0.05, 0) is 44.4 Å². The lowest BCUT2D eigenvalue weighted by molar-refractivity contribution is -0.144. The molecule has 1 saturated heterocycles. The number of guanidine groups is 1. The average molecular weight is 831 g/mol. The van der Waals surface area contributed by atoms with Crippen molar-refractivity contribution in [3.05, 3.63) is 0 Å². The van der Waals surface area contributed by atoms with Crippen molar-refractivity contribution in [2.45, 2.75) is 114 Å². The summed E-state index contributed by atoms with van der Waals surface area (Å²) in [4.78, 5) is 130. The maximum Gasteiger partial charge on any atom is 0.326 e.